The first-order valence-electron chi connectivity index (χ1n) is 3.89. The molecule has 0 saturated heterocycles. The summed E-state index contributed by atoms with van der Waals surface area (Å²) in [6.45, 7) is 5.56. The Morgan fingerprint density at radius 3 is 1.92 bits per heavy atom. The molecule has 4 heteroatoms. The fraction of sp³-hybridized carbons (Fsp3) is 0.556. The van der Waals surface area contributed by atoms with Crippen molar-refractivity contribution in [2.45, 2.75) is 27.2 Å². The Morgan fingerprint density at radius 1 is 1.23 bits per heavy atom. The maximum Gasteiger partial charge on any atom is 0.331 e. The van der Waals surface area contributed by atoms with E-state index in [-0.39, 0.29) is 17.4 Å². The smallest absolute Gasteiger partial charge is 0.331 e. The van der Waals surface area contributed by atoms with Crippen LogP contribution in [0, 0.1) is 5.41 Å². The van der Waals surface area contributed by atoms with Gasteiger partial charge in [-0.3, -0.25) is 0 Å². The van der Waals surface area contributed by atoms with Gasteiger partial charge in [-0.25, -0.2) is 9.59 Å². The van der Waals surface area contributed by atoms with Crippen molar-refractivity contribution in [2.75, 3.05) is 0 Å². The minimum absolute atomic E-state index is 0.0694. The molecule has 0 saturated carbocycles. The molecule has 0 aromatic rings. The van der Waals surface area contributed by atoms with Crippen molar-refractivity contribution >= 4 is 11.9 Å². The number of aliphatic carboxylic acids is 2. The van der Waals surface area contributed by atoms with Crippen molar-refractivity contribution in [2.24, 2.45) is 5.41 Å². The molecular weight excluding hydrogens is 172 g/mol. The van der Waals surface area contributed by atoms with Crippen LogP contribution >= 0.6 is 0 Å². The van der Waals surface area contributed by atoms with Crippen LogP contribution in [0.25, 0.3) is 0 Å². The van der Waals surface area contributed by atoms with E-state index in [0.29, 0.717) is 0 Å². The highest BCUT2D eigenvalue weighted by molar-refractivity contribution is 5.94. The molecule has 0 radical (unpaired) electrons. The first-order chi connectivity index (χ1) is 5.72. The molecule has 0 bridgehead atoms. The normalized spacial score (nSPS) is 12.7. The van der Waals surface area contributed by atoms with Crippen LogP contribution < -0.4 is 0 Å². The van der Waals surface area contributed by atoms with Crippen molar-refractivity contribution in [3.05, 3.63) is 11.6 Å². The van der Waals surface area contributed by atoms with Gasteiger partial charge in [0.1, 0.15) is 0 Å². The molecule has 0 amide bonds. The zero-order chi connectivity index (χ0) is 10.6. The lowest BCUT2D eigenvalue weighted by atomic mass is 9.88. The van der Waals surface area contributed by atoms with Crippen molar-refractivity contribution in [3.8, 4) is 0 Å². The SMILES string of the molecule is CC(C)(C)C/C(=C\C(=O)O)C(=O)O. The fourth-order valence-electron chi connectivity index (χ4n) is 0.909. The summed E-state index contributed by atoms with van der Waals surface area (Å²) < 4.78 is 0. The summed E-state index contributed by atoms with van der Waals surface area (Å²) in [7, 11) is 0. The number of carboxylic acid groups (broad SMARTS) is 2. The zero-order valence-electron chi connectivity index (χ0n) is 8.00. The molecule has 74 valence electrons. The largest absolute Gasteiger partial charge is 0.478 e. The number of hydrogen-bond acceptors (Lipinski definition) is 2. The predicted molar refractivity (Wildman–Crippen MR) is 47.4 cm³/mol. The van der Waals surface area contributed by atoms with Crippen molar-refractivity contribution in [3.63, 3.8) is 0 Å². The maximum atomic E-state index is 10.6. The van der Waals surface area contributed by atoms with Crippen LogP contribution in [0.5, 0.6) is 0 Å². The van der Waals surface area contributed by atoms with Gasteiger partial charge in [0.15, 0.2) is 0 Å². The number of carbonyl (C=O) groups is 2. The summed E-state index contributed by atoms with van der Waals surface area (Å²) in [4.78, 5) is 20.8. The molecule has 13 heavy (non-hydrogen) atoms. The molecule has 2 N–H and O–H groups in total. The van der Waals surface area contributed by atoms with Gasteiger partial charge in [0.05, 0.1) is 0 Å². The Labute approximate surface area is 76.9 Å². The van der Waals surface area contributed by atoms with Crippen molar-refractivity contribution < 1.29 is 19.8 Å². The summed E-state index contributed by atoms with van der Waals surface area (Å²) in [6.07, 6.45) is 0.988. The second-order valence-corrected chi connectivity index (χ2v) is 4.05. The molecule has 0 spiro atoms. The third-order valence-corrected chi connectivity index (χ3v) is 1.29. The van der Waals surface area contributed by atoms with E-state index in [2.05, 4.69) is 0 Å². The minimum Gasteiger partial charge on any atom is -0.478 e. The van der Waals surface area contributed by atoms with Gasteiger partial charge in [0, 0.05) is 11.6 Å². The Kier molecular flexibility index (Phi) is 3.66. The van der Waals surface area contributed by atoms with E-state index in [1.165, 1.54) is 0 Å². The lowest BCUT2D eigenvalue weighted by Crippen LogP contribution is -2.13. The highest BCUT2D eigenvalue weighted by Crippen LogP contribution is 2.23. The number of carboxylic acids is 2. The Bertz CT molecular complexity index is 245. The molecule has 0 aliphatic rings. The van der Waals surface area contributed by atoms with E-state index in [1.807, 2.05) is 20.8 Å². The second-order valence-electron chi connectivity index (χ2n) is 4.05. The van der Waals surface area contributed by atoms with Crippen LogP contribution in [0.4, 0.5) is 0 Å². The summed E-state index contributed by atoms with van der Waals surface area (Å²) in [6, 6.07) is 0. The third kappa shape index (κ3) is 5.90. The minimum atomic E-state index is -1.22. The molecule has 0 atom stereocenters. The summed E-state index contributed by atoms with van der Waals surface area (Å²) >= 11 is 0. The average Bonchev–Trinajstić information content (AvgIpc) is 1.81. The standard InChI is InChI=1S/C9H14O4/c1-9(2,3)5-6(8(12)13)4-7(10)11/h4H,5H2,1-3H3,(H,10,11)(H,12,13)/b6-4+. The molecule has 0 rings (SSSR count). The van der Waals surface area contributed by atoms with Gasteiger partial charge in [-0.15, -0.1) is 0 Å². The Balaban J connectivity index is 4.65. The van der Waals surface area contributed by atoms with E-state index in [0.717, 1.165) is 6.08 Å². The zero-order valence-corrected chi connectivity index (χ0v) is 8.00. The molecule has 0 fully saturated rings. The van der Waals surface area contributed by atoms with Gasteiger partial charge in [0.2, 0.25) is 0 Å². The van der Waals surface area contributed by atoms with E-state index in [9.17, 15) is 9.59 Å². The van der Waals surface area contributed by atoms with Crippen LogP contribution in [0.2, 0.25) is 0 Å². The van der Waals surface area contributed by atoms with Crippen LogP contribution in [0.15, 0.2) is 11.6 Å². The van der Waals surface area contributed by atoms with Gasteiger partial charge >= 0.3 is 11.9 Å². The van der Waals surface area contributed by atoms with Crippen molar-refractivity contribution in [1.82, 2.24) is 0 Å². The summed E-state index contributed by atoms with van der Waals surface area (Å²) in [5, 5.41) is 17.0. The quantitative estimate of drug-likeness (QED) is 0.655. The van der Waals surface area contributed by atoms with E-state index >= 15 is 0 Å². The molecule has 0 aromatic heterocycles. The van der Waals surface area contributed by atoms with Gasteiger partial charge in [-0.1, -0.05) is 20.8 Å². The second kappa shape index (κ2) is 4.07. The van der Waals surface area contributed by atoms with Gasteiger partial charge in [-0.05, 0) is 11.8 Å². The van der Waals surface area contributed by atoms with Crippen LogP contribution in [0.3, 0.4) is 0 Å². The molecule has 4 nitrogen and oxygen atoms in total. The van der Waals surface area contributed by atoms with E-state index < -0.39 is 11.9 Å². The molecular formula is C9H14O4. The van der Waals surface area contributed by atoms with Crippen LogP contribution in [-0.4, -0.2) is 22.2 Å². The Hall–Kier alpha value is -1.32. The fourth-order valence-corrected chi connectivity index (χ4v) is 0.909. The van der Waals surface area contributed by atoms with E-state index in [1.54, 1.807) is 0 Å². The molecule has 0 aliphatic heterocycles. The topological polar surface area (TPSA) is 74.6 Å². The molecule has 0 unspecified atom stereocenters. The van der Waals surface area contributed by atoms with Gasteiger partial charge in [-0.2, -0.15) is 0 Å². The Morgan fingerprint density at radius 2 is 1.69 bits per heavy atom. The summed E-state index contributed by atoms with van der Waals surface area (Å²) in [5.41, 5.74) is -0.292. The predicted octanol–water partition coefficient (Wildman–Crippen LogP) is 1.52. The average molecular weight is 186 g/mol. The summed E-state index contributed by atoms with van der Waals surface area (Å²) in [5.74, 6) is -2.39. The monoisotopic (exact) mass is 186 g/mol. The first kappa shape index (κ1) is 11.7. The van der Waals surface area contributed by atoms with Gasteiger partial charge in [0.25, 0.3) is 0 Å². The maximum absolute atomic E-state index is 10.6. The number of rotatable bonds is 3. The highest BCUT2D eigenvalue weighted by Gasteiger charge is 2.18. The first-order valence-corrected chi connectivity index (χ1v) is 3.89. The van der Waals surface area contributed by atoms with Crippen LogP contribution in [0.1, 0.15) is 27.2 Å². The van der Waals surface area contributed by atoms with E-state index in [4.69, 9.17) is 10.2 Å². The van der Waals surface area contributed by atoms with Crippen LogP contribution in [-0.2, 0) is 9.59 Å². The lowest BCUT2D eigenvalue weighted by molar-refractivity contribution is -0.135. The van der Waals surface area contributed by atoms with Crippen molar-refractivity contribution in [1.29, 1.82) is 0 Å². The molecule has 0 heterocycles. The molecule has 0 aliphatic carbocycles. The number of hydrogen-bond donors (Lipinski definition) is 2. The molecule has 0 aromatic carbocycles. The lowest BCUT2D eigenvalue weighted by Gasteiger charge is -2.17. The third-order valence-electron chi connectivity index (χ3n) is 1.29. The van der Waals surface area contributed by atoms with Gasteiger partial charge < -0.3 is 10.2 Å². The highest BCUT2D eigenvalue weighted by atomic mass is 16.4.